The lowest BCUT2D eigenvalue weighted by Crippen LogP contribution is -2.42. The quantitative estimate of drug-likeness (QED) is 0.0787. The Labute approximate surface area is 340 Å². The molecule has 12 nitrogen and oxygen atoms in total. The van der Waals surface area contributed by atoms with Crippen LogP contribution in [0.5, 0.6) is 5.75 Å². The number of halogens is 1. The van der Waals surface area contributed by atoms with Crippen LogP contribution in [-0.2, 0) is 41.1 Å². The second-order valence-corrected chi connectivity index (χ2v) is 18.3. The summed E-state index contributed by atoms with van der Waals surface area (Å²) in [5.41, 5.74) is 4.64. The number of thiophene rings is 2. The van der Waals surface area contributed by atoms with Crippen LogP contribution in [0.25, 0.3) is 21.9 Å². The van der Waals surface area contributed by atoms with Crippen molar-refractivity contribution in [3.63, 3.8) is 0 Å². The van der Waals surface area contributed by atoms with Crippen molar-refractivity contribution in [3.05, 3.63) is 106 Å². The molecule has 0 amide bonds. The van der Waals surface area contributed by atoms with Gasteiger partial charge in [-0.25, -0.2) is 9.48 Å². The molecule has 0 spiro atoms. The van der Waals surface area contributed by atoms with Crippen LogP contribution < -0.4 is 10.9 Å². The number of hydrogen-bond donors (Lipinski definition) is 5. The molecule has 294 valence electrons. The molecule has 15 heteroatoms. The topological polar surface area (TPSA) is 166 Å². The average molecular weight is 862 g/mol. The number of phenols is 1. The average Bonchev–Trinajstić information content (AvgIpc) is 4.03. The molecule has 2 aliphatic rings. The summed E-state index contributed by atoms with van der Waals surface area (Å²) < 4.78 is 8.90. The van der Waals surface area contributed by atoms with Crippen LogP contribution in [0.2, 0.25) is 0 Å². The maximum Gasteiger partial charge on any atom is 0.349 e. The number of aliphatic hydroxyl groups excluding tert-OH is 1. The second kappa shape index (κ2) is 16.5. The van der Waals surface area contributed by atoms with Crippen molar-refractivity contribution >= 4 is 66.5 Å². The van der Waals surface area contributed by atoms with E-state index in [1.165, 1.54) is 51.5 Å². The molecule has 0 aliphatic heterocycles. The standard InChI is InChI=1S/C41H45BrN6O6S2/c1-47(25-8-10-26(11-9-25)54-40(52)41(53,34-7-3-20-55-34)35-15-16-36(42)56-35)18-4-19-48-39-30-6-2-5-27(30)24(21-31(39)45-46-48)22-43-23-33(50)28-12-14-32(49)38-29(28)13-17-37(51)44-38/h3,7,12-17,20-21,25-26,33,43,49-50,53H,2,4-6,8-11,18-19,22-23H2,1H3,(H,44,51)/t25?,26?,33-,41+/m0/s1. The molecule has 4 heterocycles. The second-order valence-electron chi connectivity index (χ2n) is 14.9. The largest absolute Gasteiger partial charge is 0.506 e. The number of nitrogens with zero attached hydrogens (tertiary/aromatic N) is 4. The molecule has 1 saturated carbocycles. The lowest BCUT2D eigenvalue weighted by atomic mass is 9.91. The van der Waals surface area contributed by atoms with Gasteiger partial charge in [-0.1, -0.05) is 17.3 Å². The number of aromatic amines is 1. The van der Waals surface area contributed by atoms with E-state index in [4.69, 9.17) is 4.74 Å². The molecule has 2 atom stereocenters. The number of aliphatic hydroxyl groups is 2. The molecule has 2 aromatic carbocycles. The van der Waals surface area contributed by atoms with Crippen LogP contribution in [0.1, 0.15) is 76.6 Å². The van der Waals surface area contributed by atoms with Gasteiger partial charge in [0.05, 0.1) is 30.7 Å². The van der Waals surface area contributed by atoms with Gasteiger partial charge in [0.25, 0.3) is 0 Å². The minimum absolute atomic E-state index is 0.0326. The molecule has 56 heavy (non-hydrogen) atoms. The number of phenolic OH excluding ortho intramolecular Hbond substituents is 1. The number of H-pyrrole nitrogens is 1. The molecule has 5 N–H and O–H groups in total. The number of nitrogens with one attached hydrogen (secondary N) is 2. The van der Waals surface area contributed by atoms with Gasteiger partial charge in [0, 0.05) is 37.1 Å². The van der Waals surface area contributed by atoms with Gasteiger partial charge in [0.15, 0.2) is 0 Å². The molecule has 0 bridgehead atoms. The Morgan fingerprint density at radius 2 is 1.95 bits per heavy atom. The van der Waals surface area contributed by atoms with E-state index in [1.807, 2.05) is 17.5 Å². The Kier molecular flexibility index (Phi) is 11.5. The third-order valence-electron chi connectivity index (χ3n) is 11.4. The number of pyridine rings is 1. The summed E-state index contributed by atoms with van der Waals surface area (Å²) in [7, 11) is 2.17. The van der Waals surface area contributed by atoms with Crippen molar-refractivity contribution in [1.29, 1.82) is 0 Å². The van der Waals surface area contributed by atoms with Gasteiger partial charge in [0.2, 0.25) is 11.2 Å². The molecule has 0 radical (unpaired) electrons. The number of aryl methyl sites for hydroxylation is 2. The highest BCUT2D eigenvalue weighted by molar-refractivity contribution is 9.11. The Bertz CT molecular complexity index is 2400. The Hall–Kier alpha value is -3.96. The summed E-state index contributed by atoms with van der Waals surface area (Å²) in [5.74, 6) is -0.644. The monoisotopic (exact) mass is 860 g/mol. The van der Waals surface area contributed by atoms with Gasteiger partial charge >= 0.3 is 5.97 Å². The van der Waals surface area contributed by atoms with Gasteiger partial charge < -0.3 is 35.3 Å². The van der Waals surface area contributed by atoms with Crippen LogP contribution in [-0.4, -0.2) is 78.4 Å². The first-order chi connectivity index (χ1) is 27.1. The van der Waals surface area contributed by atoms with E-state index in [1.54, 1.807) is 24.3 Å². The molecule has 2 aliphatic carbocycles. The van der Waals surface area contributed by atoms with Crippen molar-refractivity contribution in [2.45, 2.75) is 88.3 Å². The number of aromatic hydroxyl groups is 1. The number of esters is 1. The van der Waals surface area contributed by atoms with E-state index in [-0.39, 0.29) is 17.4 Å². The van der Waals surface area contributed by atoms with Crippen LogP contribution >= 0.6 is 38.6 Å². The highest BCUT2D eigenvalue weighted by Gasteiger charge is 2.45. The molecule has 6 aromatic rings. The van der Waals surface area contributed by atoms with E-state index in [2.05, 4.69) is 59.2 Å². The van der Waals surface area contributed by atoms with Crippen molar-refractivity contribution in [2.75, 3.05) is 20.1 Å². The molecular formula is C41H45BrN6O6S2. The minimum Gasteiger partial charge on any atom is -0.506 e. The zero-order valence-electron chi connectivity index (χ0n) is 31.0. The molecule has 0 saturated heterocycles. The maximum atomic E-state index is 13.5. The number of benzene rings is 2. The first-order valence-electron chi connectivity index (χ1n) is 19.1. The van der Waals surface area contributed by atoms with E-state index in [0.29, 0.717) is 45.4 Å². The summed E-state index contributed by atoms with van der Waals surface area (Å²) >= 11 is 6.14. The summed E-state index contributed by atoms with van der Waals surface area (Å²) in [6.45, 7) is 2.53. The number of carbonyl (C=O) groups excluding carboxylic acids is 1. The fraction of sp³-hybridized carbons (Fsp3) is 0.415. The third-order valence-corrected chi connectivity index (χ3v) is 14.1. The summed E-state index contributed by atoms with van der Waals surface area (Å²) in [5, 5.41) is 48.1. The summed E-state index contributed by atoms with van der Waals surface area (Å²) in [6.07, 6.45) is 6.23. The minimum atomic E-state index is -1.82. The smallest absolute Gasteiger partial charge is 0.349 e. The maximum absolute atomic E-state index is 13.5. The van der Waals surface area contributed by atoms with E-state index in [9.17, 15) is 24.9 Å². The van der Waals surface area contributed by atoms with Crippen molar-refractivity contribution in [1.82, 2.24) is 30.2 Å². The van der Waals surface area contributed by atoms with Gasteiger partial charge in [0.1, 0.15) is 17.4 Å². The number of fused-ring (bicyclic) bond motifs is 4. The van der Waals surface area contributed by atoms with Crippen LogP contribution in [0.15, 0.2) is 68.6 Å². The van der Waals surface area contributed by atoms with Crippen molar-refractivity contribution < 1.29 is 24.9 Å². The van der Waals surface area contributed by atoms with E-state index < -0.39 is 17.7 Å². The molecular weight excluding hydrogens is 817 g/mol. The zero-order chi connectivity index (χ0) is 39.0. The Morgan fingerprint density at radius 1 is 1.12 bits per heavy atom. The number of carbonyl (C=O) groups is 1. The van der Waals surface area contributed by atoms with Gasteiger partial charge in [-0.05, 0) is 145 Å². The summed E-state index contributed by atoms with van der Waals surface area (Å²) in [4.78, 5) is 31.5. The van der Waals surface area contributed by atoms with E-state index in [0.717, 1.165) is 79.3 Å². The van der Waals surface area contributed by atoms with Crippen LogP contribution in [0, 0.1) is 0 Å². The highest BCUT2D eigenvalue weighted by Crippen LogP contribution is 2.40. The van der Waals surface area contributed by atoms with Gasteiger partial charge in [-0.2, -0.15) is 0 Å². The molecule has 8 rings (SSSR count). The van der Waals surface area contributed by atoms with Gasteiger partial charge in [-0.3, -0.25) is 4.79 Å². The van der Waals surface area contributed by atoms with Crippen LogP contribution in [0.4, 0.5) is 0 Å². The zero-order valence-corrected chi connectivity index (χ0v) is 34.3. The first kappa shape index (κ1) is 38.9. The first-order valence-corrected chi connectivity index (χ1v) is 21.6. The third kappa shape index (κ3) is 7.70. The van der Waals surface area contributed by atoms with E-state index >= 15 is 0 Å². The normalized spacial score (nSPS) is 18.7. The predicted molar refractivity (Wildman–Crippen MR) is 221 cm³/mol. The van der Waals surface area contributed by atoms with Crippen molar-refractivity contribution in [2.24, 2.45) is 0 Å². The number of ether oxygens (including phenoxy) is 1. The lowest BCUT2D eigenvalue weighted by Gasteiger charge is -2.35. The molecule has 0 unspecified atom stereocenters. The number of aromatic nitrogens is 4. The van der Waals surface area contributed by atoms with Gasteiger partial charge in [-0.15, -0.1) is 27.8 Å². The number of rotatable bonds is 14. The Morgan fingerprint density at radius 3 is 2.71 bits per heavy atom. The SMILES string of the molecule is CN(CCCn1nnc2cc(CNC[C@H](O)c3ccc(O)c4[nH]c(=O)ccc34)c3c(c21)CCC3)C1CCC(OC(=O)[C@@](O)(c2cccs2)c2ccc(Br)s2)CC1. The number of hydrogen-bond acceptors (Lipinski definition) is 12. The molecule has 4 aromatic heterocycles. The summed E-state index contributed by atoms with van der Waals surface area (Å²) in [6, 6.07) is 15.9. The Balaban J connectivity index is 0.843. The fourth-order valence-corrected chi connectivity index (χ4v) is 10.8. The molecule has 1 fully saturated rings. The lowest BCUT2D eigenvalue weighted by molar-refractivity contribution is -0.169. The van der Waals surface area contributed by atoms with Crippen molar-refractivity contribution in [3.8, 4) is 5.75 Å². The fourth-order valence-electron chi connectivity index (χ4n) is 8.47. The predicted octanol–water partition coefficient (Wildman–Crippen LogP) is 6.29. The highest BCUT2D eigenvalue weighted by atomic mass is 79.9. The van der Waals surface area contributed by atoms with Crippen LogP contribution in [0.3, 0.4) is 0 Å².